The first-order chi connectivity index (χ1) is 4.59. The van der Waals surface area contributed by atoms with Gasteiger partial charge in [0.1, 0.15) is 0 Å². The lowest BCUT2D eigenvalue weighted by atomic mass is 10.2. The second-order valence-corrected chi connectivity index (χ2v) is 1.98. The maximum absolute atomic E-state index is 10.6. The molecule has 10 heavy (non-hydrogen) atoms. The fourth-order valence-corrected chi connectivity index (χ4v) is 0.437. The van der Waals surface area contributed by atoms with Crippen LogP contribution in [0.1, 0.15) is 20.8 Å². The summed E-state index contributed by atoms with van der Waals surface area (Å²) in [5.74, 6) is 0.181. The molecule has 2 N–H and O–H groups in total. The largest absolute Gasteiger partial charge is 0.479 e. The minimum Gasteiger partial charge on any atom is -0.479 e. The normalized spacial score (nSPS) is 12.3. The van der Waals surface area contributed by atoms with Crippen LogP contribution in [0.25, 0.3) is 0 Å². The molecular formula is C7H13NO2. The first-order valence-electron chi connectivity index (χ1n) is 3.19. The van der Waals surface area contributed by atoms with Crippen molar-refractivity contribution < 1.29 is 9.53 Å². The molecule has 3 nitrogen and oxygen atoms in total. The topological polar surface area (TPSA) is 52.3 Å². The molecule has 0 aromatic heterocycles. The van der Waals surface area contributed by atoms with Gasteiger partial charge in [-0.1, -0.05) is 0 Å². The minimum absolute atomic E-state index is 0.0500. The SMILES string of the molecule is CCO/C(N)=C(\C)C(C)=O. The Balaban J connectivity index is 4.19. The maximum Gasteiger partial charge on any atom is 0.190 e. The van der Waals surface area contributed by atoms with Crippen LogP contribution in [-0.4, -0.2) is 12.4 Å². The Kier molecular flexibility index (Phi) is 3.54. The smallest absolute Gasteiger partial charge is 0.190 e. The predicted octanol–water partition coefficient (Wildman–Crippen LogP) is 0.802. The highest BCUT2D eigenvalue weighted by Crippen LogP contribution is 1.99. The molecule has 0 aliphatic rings. The van der Waals surface area contributed by atoms with Crippen molar-refractivity contribution >= 4 is 5.78 Å². The van der Waals surface area contributed by atoms with Crippen LogP contribution in [0.3, 0.4) is 0 Å². The third-order valence-electron chi connectivity index (χ3n) is 1.20. The fraction of sp³-hybridized carbons (Fsp3) is 0.571. The van der Waals surface area contributed by atoms with Gasteiger partial charge in [0.15, 0.2) is 11.7 Å². The van der Waals surface area contributed by atoms with E-state index in [9.17, 15) is 4.79 Å². The van der Waals surface area contributed by atoms with Crippen molar-refractivity contribution in [2.45, 2.75) is 20.8 Å². The number of Topliss-reactive ketones (excluding diaryl/α,β-unsaturated/α-hetero) is 1. The molecular weight excluding hydrogens is 130 g/mol. The summed E-state index contributed by atoms with van der Waals surface area (Å²) in [6, 6.07) is 0. The maximum atomic E-state index is 10.6. The molecule has 0 saturated carbocycles. The van der Waals surface area contributed by atoms with Gasteiger partial charge in [0, 0.05) is 0 Å². The Morgan fingerprint density at radius 3 is 2.30 bits per heavy atom. The van der Waals surface area contributed by atoms with Crippen molar-refractivity contribution in [2.24, 2.45) is 5.73 Å². The van der Waals surface area contributed by atoms with E-state index in [-0.39, 0.29) is 11.7 Å². The number of carbonyl (C=O) groups excluding carboxylic acids is 1. The van der Waals surface area contributed by atoms with E-state index in [0.717, 1.165) is 0 Å². The first-order valence-corrected chi connectivity index (χ1v) is 3.19. The summed E-state index contributed by atoms with van der Waals surface area (Å²) in [6.07, 6.45) is 0. The summed E-state index contributed by atoms with van der Waals surface area (Å²) >= 11 is 0. The number of allylic oxidation sites excluding steroid dienone is 1. The molecule has 0 atom stereocenters. The summed E-state index contributed by atoms with van der Waals surface area (Å²) in [4.78, 5) is 10.6. The summed E-state index contributed by atoms with van der Waals surface area (Å²) in [5.41, 5.74) is 5.85. The van der Waals surface area contributed by atoms with Gasteiger partial charge < -0.3 is 10.5 Å². The van der Waals surface area contributed by atoms with Crippen LogP contribution >= 0.6 is 0 Å². The fourth-order valence-electron chi connectivity index (χ4n) is 0.437. The van der Waals surface area contributed by atoms with Gasteiger partial charge in [-0.2, -0.15) is 0 Å². The van der Waals surface area contributed by atoms with Gasteiger partial charge in [-0.3, -0.25) is 4.79 Å². The molecule has 0 bridgehead atoms. The molecule has 0 saturated heterocycles. The Morgan fingerprint density at radius 2 is 2.00 bits per heavy atom. The Bertz CT molecular complexity index is 161. The second-order valence-electron chi connectivity index (χ2n) is 1.98. The van der Waals surface area contributed by atoms with E-state index in [4.69, 9.17) is 10.5 Å². The summed E-state index contributed by atoms with van der Waals surface area (Å²) in [7, 11) is 0. The van der Waals surface area contributed by atoms with E-state index in [1.54, 1.807) is 6.92 Å². The van der Waals surface area contributed by atoms with Gasteiger partial charge in [-0.25, -0.2) is 0 Å². The van der Waals surface area contributed by atoms with Gasteiger partial charge in [0.05, 0.1) is 12.2 Å². The van der Waals surface area contributed by atoms with E-state index >= 15 is 0 Å². The highest BCUT2D eigenvalue weighted by atomic mass is 16.5. The third-order valence-corrected chi connectivity index (χ3v) is 1.20. The van der Waals surface area contributed by atoms with Crippen LogP contribution in [0, 0.1) is 0 Å². The van der Waals surface area contributed by atoms with Gasteiger partial charge in [-0.15, -0.1) is 0 Å². The number of carbonyl (C=O) groups is 1. The molecule has 0 spiro atoms. The molecule has 0 aromatic rings. The van der Waals surface area contributed by atoms with E-state index < -0.39 is 0 Å². The lowest BCUT2D eigenvalue weighted by Gasteiger charge is -2.04. The molecule has 0 amide bonds. The average molecular weight is 143 g/mol. The number of hydrogen-bond acceptors (Lipinski definition) is 3. The Labute approximate surface area is 60.9 Å². The van der Waals surface area contributed by atoms with Gasteiger partial charge in [-0.05, 0) is 20.8 Å². The molecule has 3 heteroatoms. The quantitative estimate of drug-likeness (QED) is 0.469. The molecule has 0 rings (SSSR count). The lowest BCUT2D eigenvalue weighted by molar-refractivity contribution is -0.113. The summed E-state index contributed by atoms with van der Waals surface area (Å²) in [5, 5.41) is 0. The van der Waals surface area contributed by atoms with Crippen LogP contribution in [-0.2, 0) is 9.53 Å². The monoisotopic (exact) mass is 143 g/mol. The summed E-state index contributed by atoms with van der Waals surface area (Å²) < 4.78 is 4.90. The molecule has 0 aliphatic heterocycles. The summed E-state index contributed by atoms with van der Waals surface area (Å²) in [6.45, 7) is 5.42. The van der Waals surface area contributed by atoms with Crippen LogP contribution in [0.2, 0.25) is 0 Å². The molecule has 0 aliphatic carbocycles. The Hall–Kier alpha value is -0.990. The van der Waals surface area contributed by atoms with Crippen molar-refractivity contribution in [3.8, 4) is 0 Å². The number of nitrogens with two attached hydrogens (primary N) is 1. The Morgan fingerprint density at radius 1 is 1.50 bits per heavy atom. The second kappa shape index (κ2) is 3.93. The van der Waals surface area contributed by atoms with Gasteiger partial charge in [0.25, 0.3) is 0 Å². The van der Waals surface area contributed by atoms with E-state index in [0.29, 0.717) is 12.2 Å². The standard InChI is InChI=1S/C7H13NO2/c1-4-10-7(8)5(2)6(3)9/h4,8H2,1-3H3/b7-5+. The van der Waals surface area contributed by atoms with Gasteiger partial charge in [0.2, 0.25) is 0 Å². The molecule has 0 heterocycles. The zero-order chi connectivity index (χ0) is 8.15. The predicted molar refractivity (Wildman–Crippen MR) is 39.2 cm³/mol. The minimum atomic E-state index is -0.0500. The highest BCUT2D eigenvalue weighted by Gasteiger charge is 2.02. The van der Waals surface area contributed by atoms with Crippen LogP contribution < -0.4 is 5.73 Å². The number of rotatable bonds is 3. The number of ketones is 1. The highest BCUT2D eigenvalue weighted by molar-refractivity contribution is 5.92. The molecule has 0 aromatic carbocycles. The first kappa shape index (κ1) is 9.01. The van der Waals surface area contributed by atoms with Crippen LogP contribution in [0.5, 0.6) is 0 Å². The molecule has 58 valence electrons. The van der Waals surface area contributed by atoms with E-state index in [1.165, 1.54) is 6.92 Å². The van der Waals surface area contributed by atoms with E-state index in [1.807, 2.05) is 6.92 Å². The number of hydrogen-bond donors (Lipinski definition) is 1. The van der Waals surface area contributed by atoms with Crippen molar-refractivity contribution in [3.63, 3.8) is 0 Å². The van der Waals surface area contributed by atoms with Crippen molar-refractivity contribution in [3.05, 3.63) is 11.5 Å². The van der Waals surface area contributed by atoms with Crippen LogP contribution in [0.4, 0.5) is 0 Å². The van der Waals surface area contributed by atoms with Crippen molar-refractivity contribution in [1.29, 1.82) is 0 Å². The number of ether oxygens (including phenoxy) is 1. The zero-order valence-corrected chi connectivity index (χ0v) is 6.60. The molecule has 0 radical (unpaired) electrons. The van der Waals surface area contributed by atoms with Crippen molar-refractivity contribution in [2.75, 3.05) is 6.61 Å². The lowest BCUT2D eigenvalue weighted by Crippen LogP contribution is -2.09. The third kappa shape index (κ3) is 2.53. The zero-order valence-electron chi connectivity index (χ0n) is 6.60. The van der Waals surface area contributed by atoms with Gasteiger partial charge >= 0.3 is 0 Å². The van der Waals surface area contributed by atoms with E-state index in [2.05, 4.69) is 0 Å². The molecule has 0 fully saturated rings. The average Bonchev–Trinajstić information content (AvgIpc) is 1.87. The van der Waals surface area contributed by atoms with Crippen molar-refractivity contribution in [1.82, 2.24) is 0 Å². The van der Waals surface area contributed by atoms with Crippen LogP contribution in [0.15, 0.2) is 11.5 Å². The molecule has 0 unspecified atom stereocenters.